The summed E-state index contributed by atoms with van der Waals surface area (Å²) >= 11 is 0. The number of hydrogen-bond acceptors (Lipinski definition) is 7. The summed E-state index contributed by atoms with van der Waals surface area (Å²) in [4.78, 5) is 40.6. The van der Waals surface area contributed by atoms with Gasteiger partial charge in [-0.3, -0.25) is 4.79 Å². The zero-order valence-corrected chi connectivity index (χ0v) is 31.9. The molecule has 2 aliphatic rings. The highest BCUT2D eigenvalue weighted by Gasteiger charge is 2.25. The molecule has 7 rings (SSSR count). The van der Waals surface area contributed by atoms with Crippen LogP contribution in [-0.2, 0) is 16.9 Å². The van der Waals surface area contributed by atoms with Crippen LogP contribution in [0.3, 0.4) is 0 Å². The molecule has 56 heavy (non-hydrogen) atoms. The van der Waals surface area contributed by atoms with Crippen LogP contribution in [0, 0.1) is 24.5 Å². The summed E-state index contributed by atoms with van der Waals surface area (Å²) in [5.41, 5.74) is 3.82. The summed E-state index contributed by atoms with van der Waals surface area (Å²) in [5.74, 6) is -1.55. The fourth-order valence-corrected chi connectivity index (χ4v) is 7.71. The third kappa shape index (κ3) is 8.90. The average molecular weight is 767 g/mol. The van der Waals surface area contributed by atoms with Gasteiger partial charge in [0.25, 0.3) is 5.91 Å². The molecule has 0 aliphatic carbocycles. The zero-order chi connectivity index (χ0) is 39.6. The smallest absolute Gasteiger partial charge is 0.407 e. The number of H-pyrrole nitrogens is 1. The largest absolute Gasteiger partial charge is 0.465 e. The van der Waals surface area contributed by atoms with E-state index in [9.17, 15) is 24.2 Å². The summed E-state index contributed by atoms with van der Waals surface area (Å²) in [6.07, 6.45) is 5.80. The summed E-state index contributed by atoms with van der Waals surface area (Å²) in [7, 11) is 0. The molecule has 0 saturated carbocycles. The number of hydrogen-bond donors (Lipinski definition) is 4. The van der Waals surface area contributed by atoms with Gasteiger partial charge < -0.3 is 35.1 Å². The second-order valence-corrected chi connectivity index (χ2v) is 15.6. The normalized spacial score (nSPS) is 16.1. The maximum Gasteiger partial charge on any atom is 0.407 e. The van der Waals surface area contributed by atoms with Gasteiger partial charge >= 0.3 is 6.09 Å². The molecule has 4 N–H and O–H groups in total. The number of aliphatic hydroxyl groups is 1. The van der Waals surface area contributed by atoms with Crippen LogP contribution in [0.5, 0.6) is 0 Å². The Hall–Kier alpha value is -5.24. The molecule has 2 fully saturated rings. The van der Waals surface area contributed by atoms with E-state index >= 15 is 4.39 Å². The third-order valence-corrected chi connectivity index (χ3v) is 11.2. The average Bonchev–Trinajstić information content (AvgIpc) is 3.63. The minimum atomic E-state index is -1.28. The first-order chi connectivity index (χ1) is 26.8. The number of carbonyl (C=O) groups is 2. The highest BCUT2D eigenvalue weighted by atomic mass is 19.1. The van der Waals surface area contributed by atoms with Crippen LogP contribution in [0.1, 0.15) is 73.0 Å². The van der Waals surface area contributed by atoms with Gasteiger partial charge in [-0.05, 0) is 118 Å². The van der Waals surface area contributed by atoms with E-state index in [1.807, 2.05) is 30.3 Å². The van der Waals surface area contributed by atoms with Crippen molar-refractivity contribution in [2.75, 3.05) is 38.0 Å². The number of carboxylic acid groups (broad SMARTS) is 1. The maximum absolute atomic E-state index is 15.1. The predicted octanol–water partition coefficient (Wildman–Crippen LogP) is 8.12. The molecule has 5 aromatic rings. The number of likely N-dealkylation sites (tertiary alicyclic amines) is 2. The Labute approximate surface area is 324 Å². The highest BCUT2D eigenvalue weighted by molar-refractivity contribution is 6.06. The van der Waals surface area contributed by atoms with Crippen LogP contribution >= 0.6 is 0 Å². The number of rotatable bonds is 11. The number of aromatic nitrogens is 3. The van der Waals surface area contributed by atoms with Crippen molar-refractivity contribution >= 4 is 28.7 Å². The van der Waals surface area contributed by atoms with Crippen molar-refractivity contribution < 1.29 is 33.3 Å². The minimum Gasteiger partial charge on any atom is -0.465 e. The molecule has 0 unspecified atom stereocenters. The molecule has 2 amide bonds. The van der Waals surface area contributed by atoms with E-state index in [4.69, 9.17) is 4.74 Å². The zero-order valence-electron chi connectivity index (χ0n) is 31.9. The van der Waals surface area contributed by atoms with E-state index in [1.165, 1.54) is 49.3 Å². The lowest BCUT2D eigenvalue weighted by Crippen LogP contribution is -2.40. The number of benzene rings is 3. The number of piperidine rings is 2. The Bertz CT molecular complexity index is 2200. The lowest BCUT2D eigenvalue weighted by atomic mass is 9.93. The van der Waals surface area contributed by atoms with Gasteiger partial charge in [0, 0.05) is 48.5 Å². The van der Waals surface area contributed by atoms with Crippen LogP contribution in [0.15, 0.2) is 67.0 Å². The number of anilines is 1. The van der Waals surface area contributed by atoms with E-state index in [0.29, 0.717) is 59.0 Å². The molecule has 3 aromatic carbocycles. The molecule has 13 heteroatoms. The summed E-state index contributed by atoms with van der Waals surface area (Å²) in [5, 5.41) is 22.7. The van der Waals surface area contributed by atoms with E-state index in [2.05, 4.69) is 25.2 Å². The highest BCUT2D eigenvalue weighted by Crippen LogP contribution is 2.35. The number of ether oxygens (including phenoxy) is 1. The molecule has 2 aliphatic heterocycles. The molecule has 4 heterocycles. The number of nitrogens with zero attached hydrogens (tertiary/aromatic N) is 4. The monoisotopic (exact) mass is 766 g/mol. The van der Waals surface area contributed by atoms with Gasteiger partial charge in [0.2, 0.25) is 0 Å². The van der Waals surface area contributed by atoms with E-state index in [-0.39, 0.29) is 17.4 Å². The number of carbonyl (C=O) groups excluding carboxylic acids is 1. The van der Waals surface area contributed by atoms with E-state index in [1.54, 1.807) is 6.92 Å². The van der Waals surface area contributed by atoms with Gasteiger partial charge in [-0.2, -0.15) is 0 Å². The first kappa shape index (κ1) is 39.0. The summed E-state index contributed by atoms with van der Waals surface area (Å²) < 4.78 is 36.3. The van der Waals surface area contributed by atoms with Crippen molar-refractivity contribution in [3.8, 4) is 22.5 Å². The fraction of sp³-hybridized carbons (Fsp3) is 0.395. The Morgan fingerprint density at radius 1 is 0.964 bits per heavy atom. The van der Waals surface area contributed by atoms with E-state index < -0.39 is 29.2 Å². The molecule has 294 valence electrons. The Morgan fingerprint density at radius 3 is 2.38 bits per heavy atom. The molecule has 0 radical (unpaired) electrons. The lowest BCUT2D eigenvalue weighted by Gasteiger charge is -2.34. The lowest BCUT2D eigenvalue weighted by molar-refractivity contribution is -0.00365. The third-order valence-electron chi connectivity index (χ3n) is 11.2. The number of amides is 2. The van der Waals surface area contributed by atoms with Crippen LogP contribution in [0.4, 0.5) is 19.3 Å². The second-order valence-electron chi connectivity index (χ2n) is 15.6. The number of halogens is 2. The first-order valence-electron chi connectivity index (χ1n) is 19.2. The molecule has 0 bridgehead atoms. The molecular formula is C43H48F2N6O5. The van der Waals surface area contributed by atoms with Crippen LogP contribution < -0.4 is 5.32 Å². The molecule has 11 nitrogen and oxygen atoms in total. The van der Waals surface area contributed by atoms with Gasteiger partial charge in [0.1, 0.15) is 23.6 Å². The van der Waals surface area contributed by atoms with Gasteiger partial charge in [-0.25, -0.2) is 23.5 Å². The number of aromatic amines is 1. The Morgan fingerprint density at radius 2 is 1.70 bits per heavy atom. The second kappa shape index (κ2) is 16.5. The summed E-state index contributed by atoms with van der Waals surface area (Å²) in [6.45, 7) is 9.66. The molecule has 2 saturated heterocycles. The van der Waals surface area contributed by atoms with Crippen molar-refractivity contribution in [3.05, 3.63) is 101 Å². The molecule has 0 spiro atoms. The van der Waals surface area contributed by atoms with Gasteiger partial charge in [-0.1, -0.05) is 30.3 Å². The van der Waals surface area contributed by atoms with Crippen LogP contribution in [-0.4, -0.2) is 85.8 Å². The molecular weight excluding hydrogens is 719 g/mol. The summed E-state index contributed by atoms with van der Waals surface area (Å²) in [6, 6.07) is 16.5. The number of fused-ring (bicyclic) bond motifs is 1. The van der Waals surface area contributed by atoms with Crippen molar-refractivity contribution in [1.82, 2.24) is 24.8 Å². The van der Waals surface area contributed by atoms with Gasteiger partial charge in [0.05, 0.1) is 29.6 Å². The van der Waals surface area contributed by atoms with Crippen molar-refractivity contribution in [2.24, 2.45) is 5.92 Å². The standard InChI is InChI=1S/C43H48F2N6O5/c1-26-34(21-31(44)22-37(26)49-41(52)33-9-8-30(20-36(33)45)43(2,3)55)39-35-23-38(48-40(35)47-25-46-39)29-6-4-28(5-7-29)24-56-32-13-16-50(17-14-32)15-10-27-11-18-51(19-12-27)42(53)54/h4-9,20-23,25,27,32,55H,10-19,24H2,1-3H3,(H,49,52)(H,53,54)(H,46,47,48). The van der Waals surface area contributed by atoms with Gasteiger partial charge in [-0.15, -0.1) is 0 Å². The fourth-order valence-electron chi connectivity index (χ4n) is 7.71. The maximum atomic E-state index is 15.1. The number of nitrogens with one attached hydrogen (secondary N) is 2. The van der Waals surface area contributed by atoms with Crippen molar-refractivity contribution in [2.45, 2.75) is 71.2 Å². The molecule has 2 aromatic heterocycles. The first-order valence-corrected chi connectivity index (χ1v) is 19.2. The minimum absolute atomic E-state index is 0.175. The predicted molar refractivity (Wildman–Crippen MR) is 210 cm³/mol. The van der Waals surface area contributed by atoms with Gasteiger partial charge in [0.15, 0.2) is 0 Å². The Kier molecular flexibility index (Phi) is 11.5. The van der Waals surface area contributed by atoms with Crippen molar-refractivity contribution in [3.63, 3.8) is 0 Å². The van der Waals surface area contributed by atoms with E-state index in [0.717, 1.165) is 74.6 Å². The van der Waals surface area contributed by atoms with Crippen molar-refractivity contribution in [1.29, 1.82) is 0 Å². The van der Waals surface area contributed by atoms with Crippen LogP contribution in [0.2, 0.25) is 0 Å². The van der Waals surface area contributed by atoms with Crippen LogP contribution in [0.25, 0.3) is 33.5 Å². The topological polar surface area (TPSA) is 144 Å². The Balaban J connectivity index is 0.967. The quantitative estimate of drug-likeness (QED) is 0.106. The molecule has 0 atom stereocenters. The SMILES string of the molecule is Cc1c(NC(=O)c2ccc(C(C)(C)O)cc2F)cc(F)cc1-c1ncnc2[nH]c(-c3ccc(COC4CCN(CCC5CCN(C(=O)O)CC5)CC4)cc3)cc12.